The molecule has 4 N–H and O–H groups in total. The van der Waals surface area contributed by atoms with Crippen molar-refractivity contribution in [1.29, 1.82) is 0 Å². The van der Waals surface area contributed by atoms with E-state index in [9.17, 15) is 4.79 Å². The maximum absolute atomic E-state index is 11.5. The molecule has 118 valence electrons. The zero-order chi connectivity index (χ0) is 16.4. The topological polar surface area (TPSA) is 111 Å². The third-order valence-corrected chi connectivity index (χ3v) is 3.46. The molecule has 0 bridgehead atoms. The molecule has 0 fully saturated rings. The van der Waals surface area contributed by atoms with Crippen LogP contribution in [0.15, 0.2) is 59.7 Å². The molecule has 0 aliphatic heterocycles. The van der Waals surface area contributed by atoms with Gasteiger partial charge in [0.15, 0.2) is 0 Å². The van der Waals surface area contributed by atoms with Gasteiger partial charge in [-0.15, -0.1) is 5.10 Å². The van der Waals surface area contributed by atoms with E-state index in [-0.39, 0.29) is 5.56 Å². The largest absolute Gasteiger partial charge is 0.355 e. The van der Waals surface area contributed by atoms with Crippen molar-refractivity contribution in [1.82, 2.24) is 25.4 Å². The molecule has 0 atom stereocenters. The Morgan fingerprint density at radius 1 is 0.875 bits per heavy atom. The minimum absolute atomic E-state index is 0.126. The third-order valence-electron chi connectivity index (χ3n) is 3.46. The van der Waals surface area contributed by atoms with Crippen LogP contribution in [0.25, 0.3) is 10.9 Å². The summed E-state index contributed by atoms with van der Waals surface area (Å²) >= 11 is 0. The zero-order valence-corrected chi connectivity index (χ0v) is 12.4. The van der Waals surface area contributed by atoms with Crippen LogP contribution in [0.4, 0.5) is 23.0 Å². The first-order valence-corrected chi connectivity index (χ1v) is 7.26. The molecule has 2 heterocycles. The number of aromatic nitrogens is 5. The number of anilines is 4. The van der Waals surface area contributed by atoms with Gasteiger partial charge in [-0.25, -0.2) is 4.98 Å². The molecule has 0 amide bonds. The van der Waals surface area contributed by atoms with Gasteiger partial charge in [0.1, 0.15) is 0 Å². The maximum Gasteiger partial charge on any atom is 0.271 e. The molecule has 0 radical (unpaired) electrons. The molecule has 0 saturated heterocycles. The Balaban J connectivity index is 1.57. The molecule has 0 aliphatic rings. The number of aromatic amines is 2. The van der Waals surface area contributed by atoms with Crippen molar-refractivity contribution in [2.45, 2.75) is 0 Å². The Morgan fingerprint density at radius 3 is 2.54 bits per heavy atom. The van der Waals surface area contributed by atoms with Crippen LogP contribution >= 0.6 is 0 Å². The fraction of sp³-hybridized carbons (Fsp3) is 0. The smallest absolute Gasteiger partial charge is 0.271 e. The van der Waals surface area contributed by atoms with E-state index in [0.29, 0.717) is 11.3 Å². The highest BCUT2D eigenvalue weighted by Gasteiger charge is 2.03. The monoisotopic (exact) mass is 319 g/mol. The standard InChI is InChI=1S/C16H13N7O/c24-15-13-5-4-12(9-14(13)21-22-15)19-10-2-1-3-11(8-10)20-16-17-6-7-18-23-16/h1-9,19H,(H,17,20,23)(H2,21,22,24). The van der Waals surface area contributed by atoms with E-state index in [2.05, 4.69) is 36.0 Å². The summed E-state index contributed by atoms with van der Waals surface area (Å²) in [5, 5.41) is 20.1. The summed E-state index contributed by atoms with van der Waals surface area (Å²) in [6.45, 7) is 0. The predicted molar refractivity (Wildman–Crippen MR) is 91.8 cm³/mol. The molecule has 2 aromatic heterocycles. The lowest BCUT2D eigenvalue weighted by molar-refractivity contribution is 0.978. The van der Waals surface area contributed by atoms with Gasteiger partial charge >= 0.3 is 0 Å². The van der Waals surface area contributed by atoms with Gasteiger partial charge in [0.25, 0.3) is 5.56 Å². The van der Waals surface area contributed by atoms with Crippen LogP contribution in [0.5, 0.6) is 0 Å². The summed E-state index contributed by atoms with van der Waals surface area (Å²) in [5.41, 5.74) is 3.22. The summed E-state index contributed by atoms with van der Waals surface area (Å²) in [7, 11) is 0. The Labute approximate surface area is 136 Å². The Hall–Kier alpha value is -3.68. The van der Waals surface area contributed by atoms with Crippen LogP contribution in [-0.2, 0) is 0 Å². The van der Waals surface area contributed by atoms with Gasteiger partial charge in [0.2, 0.25) is 5.95 Å². The van der Waals surface area contributed by atoms with Gasteiger partial charge in [0.05, 0.1) is 23.3 Å². The Kier molecular flexibility index (Phi) is 3.39. The van der Waals surface area contributed by atoms with E-state index >= 15 is 0 Å². The molecule has 8 nitrogen and oxygen atoms in total. The molecule has 0 unspecified atom stereocenters. The molecular weight excluding hydrogens is 306 g/mol. The first-order valence-electron chi connectivity index (χ1n) is 7.26. The molecule has 4 rings (SSSR count). The highest BCUT2D eigenvalue weighted by atomic mass is 16.1. The number of benzene rings is 2. The van der Waals surface area contributed by atoms with Crippen molar-refractivity contribution in [2.75, 3.05) is 10.6 Å². The number of H-pyrrole nitrogens is 2. The molecule has 4 aromatic rings. The quantitative estimate of drug-likeness (QED) is 0.460. The average Bonchev–Trinajstić information content (AvgIpc) is 2.97. The summed E-state index contributed by atoms with van der Waals surface area (Å²) in [5.74, 6) is 0.431. The summed E-state index contributed by atoms with van der Waals surface area (Å²) in [6.07, 6.45) is 3.09. The number of hydrogen-bond acceptors (Lipinski definition) is 6. The van der Waals surface area contributed by atoms with Gasteiger partial charge < -0.3 is 10.6 Å². The fourth-order valence-corrected chi connectivity index (χ4v) is 2.39. The Bertz CT molecular complexity index is 1040. The number of rotatable bonds is 4. The second-order valence-corrected chi connectivity index (χ2v) is 5.14. The Morgan fingerprint density at radius 2 is 1.71 bits per heavy atom. The first kappa shape index (κ1) is 13.9. The summed E-state index contributed by atoms with van der Waals surface area (Å²) in [4.78, 5) is 15.6. The van der Waals surface area contributed by atoms with Gasteiger partial charge in [-0.2, -0.15) is 5.10 Å². The summed E-state index contributed by atoms with van der Waals surface area (Å²) < 4.78 is 0. The highest BCUT2D eigenvalue weighted by molar-refractivity contribution is 5.82. The van der Waals surface area contributed by atoms with Crippen LogP contribution in [0.1, 0.15) is 0 Å². The molecular formula is C16H13N7O. The van der Waals surface area contributed by atoms with Crippen molar-refractivity contribution in [3.63, 3.8) is 0 Å². The minimum atomic E-state index is -0.126. The number of hydrogen-bond donors (Lipinski definition) is 4. The van der Waals surface area contributed by atoms with Crippen LogP contribution in [0.2, 0.25) is 0 Å². The van der Waals surface area contributed by atoms with Gasteiger partial charge in [-0.05, 0) is 36.4 Å². The van der Waals surface area contributed by atoms with Crippen molar-refractivity contribution >= 4 is 33.9 Å². The normalized spacial score (nSPS) is 10.7. The first-order chi connectivity index (χ1) is 11.8. The van der Waals surface area contributed by atoms with Crippen LogP contribution < -0.4 is 16.2 Å². The molecule has 8 heteroatoms. The van der Waals surface area contributed by atoms with E-state index in [0.717, 1.165) is 22.6 Å². The zero-order valence-electron chi connectivity index (χ0n) is 12.4. The molecule has 0 saturated carbocycles. The van der Waals surface area contributed by atoms with E-state index in [1.165, 1.54) is 6.20 Å². The van der Waals surface area contributed by atoms with Crippen LogP contribution in [-0.4, -0.2) is 25.4 Å². The van der Waals surface area contributed by atoms with E-state index in [4.69, 9.17) is 0 Å². The second-order valence-electron chi connectivity index (χ2n) is 5.14. The van der Waals surface area contributed by atoms with E-state index in [1.807, 2.05) is 36.4 Å². The summed E-state index contributed by atoms with van der Waals surface area (Å²) in [6, 6.07) is 13.2. The van der Waals surface area contributed by atoms with Crippen LogP contribution in [0, 0.1) is 0 Å². The van der Waals surface area contributed by atoms with E-state index in [1.54, 1.807) is 12.3 Å². The van der Waals surface area contributed by atoms with Gasteiger partial charge in [-0.1, -0.05) is 6.07 Å². The lowest BCUT2D eigenvalue weighted by Gasteiger charge is -2.09. The molecule has 0 spiro atoms. The van der Waals surface area contributed by atoms with E-state index < -0.39 is 0 Å². The fourth-order valence-electron chi connectivity index (χ4n) is 2.39. The lowest BCUT2D eigenvalue weighted by Crippen LogP contribution is -1.98. The molecule has 0 aliphatic carbocycles. The van der Waals surface area contributed by atoms with Crippen molar-refractivity contribution in [2.24, 2.45) is 0 Å². The average molecular weight is 319 g/mol. The van der Waals surface area contributed by atoms with Crippen molar-refractivity contribution in [3.8, 4) is 0 Å². The molecule has 2 aromatic carbocycles. The number of nitrogens with one attached hydrogen (secondary N) is 4. The second kappa shape index (κ2) is 5.84. The number of nitrogens with zero attached hydrogens (tertiary/aromatic N) is 3. The SMILES string of the molecule is O=c1[nH][nH]c2cc(Nc3cccc(Nc4nccnn4)c3)ccc12. The van der Waals surface area contributed by atoms with Gasteiger partial charge in [-0.3, -0.25) is 15.0 Å². The molecule has 24 heavy (non-hydrogen) atoms. The highest BCUT2D eigenvalue weighted by Crippen LogP contribution is 2.23. The number of fused-ring (bicyclic) bond motifs is 1. The lowest BCUT2D eigenvalue weighted by atomic mass is 10.2. The third kappa shape index (κ3) is 2.80. The minimum Gasteiger partial charge on any atom is -0.355 e. The van der Waals surface area contributed by atoms with Crippen LogP contribution in [0.3, 0.4) is 0 Å². The van der Waals surface area contributed by atoms with Crippen molar-refractivity contribution < 1.29 is 0 Å². The maximum atomic E-state index is 11.5. The van der Waals surface area contributed by atoms with Gasteiger partial charge in [0, 0.05) is 17.1 Å². The van der Waals surface area contributed by atoms with Crippen molar-refractivity contribution in [3.05, 3.63) is 65.2 Å². The predicted octanol–water partition coefficient (Wildman–Crippen LogP) is 2.53.